The standard InChI is InChI=1S/C21H27N3O3/c1-15-11-17(6-5-16-3-4-16)7-8-19(15)20(22)13-23-12-18-14-24(9-10-27-18)21(25)26-2/h7-8,11,13,16,18,23H,3-4,9-10,12,14,22H2,1-2H3/b20-13-. The monoisotopic (exact) mass is 369 g/mol. The summed E-state index contributed by atoms with van der Waals surface area (Å²) >= 11 is 0. The molecule has 1 aromatic carbocycles. The summed E-state index contributed by atoms with van der Waals surface area (Å²) in [6.07, 6.45) is 3.83. The summed E-state index contributed by atoms with van der Waals surface area (Å²) in [6, 6.07) is 6.09. The van der Waals surface area contributed by atoms with E-state index in [0.717, 1.165) is 16.7 Å². The van der Waals surface area contributed by atoms with Crippen LogP contribution in [0.25, 0.3) is 5.70 Å². The van der Waals surface area contributed by atoms with Gasteiger partial charge >= 0.3 is 6.09 Å². The molecule has 2 fully saturated rings. The topological polar surface area (TPSA) is 76.8 Å². The Balaban J connectivity index is 1.54. The lowest BCUT2D eigenvalue weighted by atomic mass is 10.0. The van der Waals surface area contributed by atoms with E-state index in [2.05, 4.69) is 23.2 Å². The van der Waals surface area contributed by atoms with E-state index >= 15 is 0 Å². The van der Waals surface area contributed by atoms with Gasteiger partial charge in [0.15, 0.2) is 0 Å². The molecule has 144 valence electrons. The van der Waals surface area contributed by atoms with Gasteiger partial charge in [-0.05, 0) is 37.5 Å². The summed E-state index contributed by atoms with van der Waals surface area (Å²) in [4.78, 5) is 13.3. The van der Waals surface area contributed by atoms with Gasteiger partial charge in [0.05, 0.1) is 32.1 Å². The lowest BCUT2D eigenvalue weighted by Gasteiger charge is -2.31. The van der Waals surface area contributed by atoms with Crippen molar-refractivity contribution in [3.63, 3.8) is 0 Å². The Morgan fingerprint density at radius 2 is 2.30 bits per heavy atom. The second-order valence-corrected chi connectivity index (χ2v) is 6.99. The zero-order chi connectivity index (χ0) is 19.2. The molecular formula is C21H27N3O3. The highest BCUT2D eigenvalue weighted by Crippen LogP contribution is 2.27. The van der Waals surface area contributed by atoms with Gasteiger partial charge in [-0.3, -0.25) is 0 Å². The molecule has 1 aliphatic heterocycles. The number of nitrogens with two attached hydrogens (primary N) is 1. The second kappa shape index (κ2) is 8.83. The lowest BCUT2D eigenvalue weighted by Crippen LogP contribution is -2.48. The molecular weight excluding hydrogens is 342 g/mol. The Morgan fingerprint density at radius 1 is 1.48 bits per heavy atom. The number of methoxy groups -OCH3 is 1. The number of rotatable bonds is 4. The molecule has 0 bridgehead atoms. The van der Waals surface area contributed by atoms with E-state index in [9.17, 15) is 4.79 Å². The molecule has 1 atom stereocenters. The van der Waals surface area contributed by atoms with Gasteiger partial charge in [0, 0.05) is 36.3 Å². The molecule has 3 N–H and O–H groups in total. The van der Waals surface area contributed by atoms with Crippen molar-refractivity contribution in [2.45, 2.75) is 25.9 Å². The third-order valence-electron chi connectivity index (χ3n) is 4.71. The van der Waals surface area contributed by atoms with Crippen LogP contribution in [-0.4, -0.2) is 50.4 Å². The predicted octanol–water partition coefficient (Wildman–Crippen LogP) is 2.07. The van der Waals surface area contributed by atoms with Crippen molar-refractivity contribution in [1.29, 1.82) is 0 Å². The number of benzene rings is 1. The molecule has 3 rings (SSSR count). The number of carbonyl (C=O) groups is 1. The van der Waals surface area contributed by atoms with Crippen LogP contribution in [0.2, 0.25) is 0 Å². The summed E-state index contributed by atoms with van der Waals surface area (Å²) in [6.45, 7) is 4.16. The number of nitrogens with zero attached hydrogens (tertiary/aromatic N) is 1. The minimum atomic E-state index is -0.321. The van der Waals surface area contributed by atoms with Crippen LogP contribution in [0, 0.1) is 24.7 Å². The third kappa shape index (κ3) is 5.41. The van der Waals surface area contributed by atoms with Crippen LogP contribution >= 0.6 is 0 Å². The summed E-state index contributed by atoms with van der Waals surface area (Å²) in [7, 11) is 1.39. The van der Waals surface area contributed by atoms with Crippen LogP contribution in [0.3, 0.4) is 0 Å². The van der Waals surface area contributed by atoms with Gasteiger partial charge in [0.2, 0.25) is 0 Å². The van der Waals surface area contributed by atoms with Crippen molar-refractivity contribution in [2.75, 3.05) is 33.4 Å². The normalized spacial score (nSPS) is 19.9. The molecule has 0 spiro atoms. The van der Waals surface area contributed by atoms with Crippen molar-refractivity contribution < 1.29 is 14.3 Å². The number of morpholine rings is 1. The quantitative estimate of drug-likeness (QED) is 0.795. The van der Waals surface area contributed by atoms with E-state index < -0.39 is 0 Å². The molecule has 1 aromatic rings. The average molecular weight is 369 g/mol. The fourth-order valence-corrected chi connectivity index (χ4v) is 2.99. The highest BCUT2D eigenvalue weighted by atomic mass is 16.5. The second-order valence-electron chi connectivity index (χ2n) is 6.99. The molecule has 27 heavy (non-hydrogen) atoms. The first kappa shape index (κ1) is 19.1. The van der Waals surface area contributed by atoms with Crippen molar-refractivity contribution in [3.8, 4) is 11.8 Å². The highest BCUT2D eigenvalue weighted by molar-refractivity contribution is 5.67. The molecule has 0 aromatic heterocycles. The van der Waals surface area contributed by atoms with Crippen molar-refractivity contribution in [2.24, 2.45) is 11.7 Å². The van der Waals surface area contributed by atoms with E-state index in [1.54, 1.807) is 11.1 Å². The molecule has 1 aliphatic carbocycles. The number of ether oxygens (including phenoxy) is 2. The Bertz CT molecular complexity index is 775. The molecule has 1 amide bonds. The Labute approximate surface area is 160 Å². The first-order valence-electron chi connectivity index (χ1n) is 9.33. The van der Waals surface area contributed by atoms with E-state index in [0.29, 0.717) is 37.9 Å². The maximum atomic E-state index is 11.6. The van der Waals surface area contributed by atoms with Gasteiger partial charge in [0.25, 0.3) is 0 Å². The minimum absolute atomic E-state index is 0.0944. The van der Waals surface area contributed by atoms with Crippen LogP contribution in [-0.2, 0) is 9.47 Å². The molecule has 6 heteroatoms. The number of hydrogen-bond acceptors (Lipinski definition) is 5. The van der Waals surface area contributed by atoms with Gasteiger partial charge < -0.3 is 25.4 Å². The minimum Gasteiger partial charge on any atom is -0.453 e. The molecule has 2 aliphatic rings. The first-order chi connectivity index (χ1) is 13.1. The van der Waals surface area contributed by atoms with Crippen molar-refractivity contribution in [1.82, 2.24) is 10.2 Å². The number of carbonyl (C=O) groups excluding carboxylic acids is 1. The van der Waals surface area contributed by atoms with E-state index in [4.69, 9.17) is 15.2 Å². The Morgan fingerprint density at radius 3 is 3.00 bits per heavy atom. The summed E-state index contributed by atoms with van der Waals surface area (Å²) in [5.74, 6) is 7.10. The average Bonchev–Trinajstić information content (AvgIpc) is 3.50. The largest absolute Gasteiger partial charge is 0.453 e. The Hall–Kier alpha value is -2.65. The van der Waals surface area contributed by atoms with Crippen molar-refractivity contribution >= 4 is 11.8 Å². The molecule has 1 unspecified atom stereocenters. The fraction of sp³-hybridized carbons (Fsp3) is 0.476. The molecule has 1 saturated heterocycles. The maximum absolute atomic E-state index is 11.6. The van der Waals surface area contributed by atoms with E-state index in [1.807, 2.05) is 19.1 Å². The SMILES string of the molecule is COC(=O)N1CCOC(CN/C=C(\N)c2ccc(C#CC3CC3)cc2C)C1. The van der Waals surface area contributed by atoms with Crippen LogP contribution in [0.1, 0.15) is 29.5 Å². The fourth-order valence-electron chi connectivity index (χ4n) is 2.99. The van der Waals surface area contributed by atoms with Gasteiger partial charge in [-0.1, -0.05) is 17.9 Å². The van der Waals surface area contributed by atoms with E-state index in [-0.39, 0.29) is 12.2 Å². The van der Waals surface area contributed by atoms with Crippen molar-refractivity contribution in [3.05, 3.63) is 41.1 Å². The number of aryl methyl sites for hydroxylation is 1. The van der Waals surface area contributed by atoms with Crippen LogP contribution < -0.4 is 11.1 Å². The molecule has 1 heterocycles. The highest BCUT2D eigenvalue weighted by Gasteiger charge is 2.24. The first-order valence-corrected chi connectivity index (χ1v) is 9.33. The van der Waals surface area contributed by atoms with E-state index in [1.165, 1.54) is 20.0 Å². The predicted molar refractivity (Wildman–Crippen MR) is 105 cm³/mol. The maximum Gasteiger partial charge on any atom is 0.409 e. The van der Waals surface area contributed by atoms with Crippen LogP contribution in [0.4, 0.5) is 4.79 Å². The zero-order valence-corrected chi connectivity index (χ0v) is 16.0. The van der Waals surface area contributed by atoms with Gasteiger partial charge in [-0.15, -0.1) is 0 Å². The van der Waals surface area contributed by atoms with Gasteiger partial charge in [0.1, 0.15) is 0 Å². The third-order valence-corrected chi connectivity index (χ3v) is 4.71. The lowest BCUT2D eigenvalue weighted by molar-refractivity contribution is -0.0219. The Kier molecular flexibility index (Phi) is 6.25. The molecule has 0 radical (unpaired) electrons. The molecule has 1 saturated carbocycles. The summed E-state index contributed by atoms with van der Waals surface area (Å²) in [5.41, 5.74) is 10.0. The summed E-state index contributed by atoms with van der Waals surface area (Å²) in [5, 5.41) is 3.20. The van der Waals surface area contributed by atoms with Crippen LogP contribution in [0.15, 0.2) is 24.4 Å². The summed E-state index contributed by atoms with van der Waals surface area (Å²) < 4.78 is 10.4. The zero-order valence-electron chi connectivity index (χ0n) is 16.0. The number of nitrogens with one attached hydrogen (secondary N) is 1. The number of amides is 1. The van der Waals surface area contributed by atoms with Gasteiger partial charge in [-0.2, -0.15) is 0 Å². The van der Waals surface area contributed by atoms with Gasteiger partial charge in [-0.25, -0.2) is 4.79 Å². The number of hydrogen-bond donors (Lipinski definition) is 2. The van der Waals surface area contributed by atoms with Crippen LogP contribution in [0.5, 0.6) is 0 Å². The smallest absolute Gasteiger partial charge is 0.409 e. The molecule has 6 nitrogen and oxygen atoms in total.